The summed E-state index contributed by atoms with van der Waals surface area (Å²) in [4.78, 5) is 35.2. The standard InChI is InChI=1S/C21H20O6/c1-12-11-15(20(26-4)13(2)19(12)21(24)25)9-10-17(23)16-7-5-6-8-18(16)27-14(3)22/h5-11H,1-4H3,(H,24,25). The first-order valence-corrected chi connectivity index (χ1v) is 8.17. The number of hydrogen-bond donors (Lipinski definition) is 1. The number of ether oxygens (including phenoxy) is 2. The molecule has 0 heterocycles. The average molecular weight is 368 g/mol. The van der Waals surface area contributed by atoms with Crippen LogP contribution >= 0.6 is 0 Å². The van der Waals surface area contributed by atoms with E-state index in [0.29, 0.717) is 22.4 Å². The summed E-state index contributed by atoms with van der Waals surface area (Å²) in [6, 6.07) is 8.09. The summed E-state index contributed by atoms with van der Waals surface area (Å²) < 4.78 is 10.4. The fourth-order valence-electron chi connectivity index (χ4n) is 2.89. The Morgan fingerprint density at radius 2 is 1.78 bits per heavy atom. The van der Waals surface area contributed by atoms with E-state index in [2.05, 4.69) is 0 Å². The second-order valence-electron chi connectivity index (χ2n) is 5.91. The van der Waals surface area contributed by atoms with E-state index in [1.165, 1.54) is 20.1 Å². The van der Waals surface area contributed by atoms with E-state index in [1.807, 2.05) is 0 Å². The molecular weight excluding hydrogens is 348 g/mol. The molecule has 0 radical (unpaired) electrons. The van der Waals surface area contributed by atoms with Gasteiger partial charge in [-0.05, 0) is 49.8 Å². The Hall–Kier alpha value is -3.41. The molecule has 6 nitrogen and oxygen atoms in total. The Labute approximate surface area is 157 Å². The van der Waals surface area contributed by atoms with E-state index in [4.69, 9.17) is 9.47 Å². The van der Waals surface area contributed by atoms with E-state index in [-0.39, 0.29) is 22.7 Å². The third kappa shape index (κ3) is 4.41. The van der Waals surface area contributed by atoms with Gasteiger partial charge in [0.2, 0.25) is 0 Å². The fraction of sp³-hybridized carbons (Fsp3) is 0.190. The van der Waals surface area contributed by atoms with Gasteiger partial charge in [0.25, 0.3) is 0 Å². The highest BCUT2D eigenvalue weighted by Gasteiger charge is 2.18. The van der Waals surface area contributed by atoms with Gasteiger partial charge in [-0.15, -0.1) is 0 Å². The highest BCUT2D eigenvalue weighted by molar-refractivity contribution is 6.09. The van der Waals surface area contributed by atoms with Gasteiger partial charge in [0.05, 0.1) is 18.2 Å². The number of carbonyl (C=O) groups is 3. The Balaban J connectivity index is 2.43. The Morgan fingerprint density at radius 3 is 2.37 bits per heavy atom. The predicted octanol–water partition coefficient (Wildman–Crippen LogP) is 3.83. The molecule has 0 aliphatic heterocycles. The highest BCUT2D eigenvalue weighted by Crippen LogP contribution is 2.31. The normalized spacial score (nSPS) is 10.7. The molecule has 2 aromatic carbocycles. The number of ketones is 1. The second-order valence-corrected chi connectivity index (χ2v) is 5.91. The monoisotopic (exact) mass is 368 g/mol. The maximum Gasteiger partial charge on any atom is 0.336 e. The van der Waals surface area contributed by atoms with Crippen molar-refractivity contribution in [2.75, 3.05) is 7.11 Å². The molecule has 0 unspecified atom stereocenters. The topological polar surface area (TPSA) is 89.9 Å². The molecule has 0 spiro atoms. The lowest BCUT2D eigenvalue weighted by atomic mass is 9.97. The molecule has 140 valence electrons. The van der Waals surface area contributed by atoms with Crippen molar-refractivity contribution in [2.45, 2.75) is 20.8 Å². The third-order valence-electron chi connectivity index (χ3n) is 3.98. The molecule has 0 aliphatic carbocycles. The maximum atomic E-state index is 12.6. The molecule has 2 aromatic rings. The number of hydrogen-bond acceptors (Lipinski definition) is 5. The summed E-state index contributed by atoms with van der Waals surface area (Å²) in [5.41, 5.74) is 2.05. The molecular formula is C21H20O6. The van der Waals surface area contributed by atoms with Gasteiger partial charge in [-0.3, -0.25) is 9.59 Å². The molecule has 0 bridgehead atoms. The first-order valence-electron chi connectivity index (χ1n) is 8.17. The van der Waals surface area contributed by atoms with Crippen LogP contribution in [0.5, 0.6) is 11.5 Å². The van der Waals surface area contributed by atoms with Crippen LogP contribution in [0.2, 0.25) is 0 Å². The minimum atomic E-state index is -1.04. The molecule has 0 amide bonds. The van der Waals surface area contributed by atoms with Crippen molar-refractivity contribution in [1.29, 1.82) is 0 Å². The van der Waals surface area contributed by atoms with Gasteiger partial charge in [-0.1, -0.05) is 12.1 Å². The lowest BCUT2D eigenvalue weighted by Crippen LogP contribution is -2.07. The first-order chi connectivity index (χ1) is 12.8. The zero-order chi connectivity index (χ0) is 20.1. The van der Waals surface area contributed by atoms with Crippen LogP contribution in [0.25, 0.3) is 6.08 Å². The van der Waals surface area contributed by atoms with Crippen LogP contribution in [0, 0.1) is 13.8 Å². The summed E-state index contributed by atoms with van der Waals surface area (Å²) in [6.45, 7) is 4.60. The van der Waals surface area contributed by atoms with Crippen LogP contribution in [0.3, 0.4) is 0 Å². The summed E-state index contributed by atoms with van der Waals surface area (Å²) in [5, 5.41) is 9.36. The number of para-hydroxylation sites is 1. The fourth-order valence-corrected chi connectivity index (χ4v) is 2.89. The van der Waals surface area contributed by atoms with Gasteiger partial charge >= 0.3 is 11.9 Å². The van der Waals surface area contributed by atoms with E-state index in [9.17, 15) is 19.5 Å². The van der Waals surface area contributed by atoms with Gasteiger partial charge in [0.1, 0.15) is 11.5 Å². The van der Waals surface area contributed by atoms with E-state index in [0.717, 1.165) is 0 Å². The number of allylic oxidation sites excluding steroid dienone is 1. The molecule has 6 heteroatoms. The summed E-state index contributed by atoms with van der Waals surface area (Å²) >= 11 is 0. The van der Waals surface area contributed by atoms with Crippen LogP contribution in [-0.2, 0) is 4.79 Å². The number of carboxylic acids is 1. The number of benzene rings is 2. The lowest BCUT2D eigenvalue weighted by molar-refractivity contribution is -0.131. The molecule has 0 aliphatic rings. The number of aromatic carboxylic acids is 1. The van der Waals surface area contributed by atoms with Gasteiger partial charge < -0.3 is 14.6 Å². The molecule has 0 aromatic heterocycles. The molecule has 0 saturated carbocycles. The van der Waals surface area contributed by atoms with Crippen LogP contribution in [0.4, 0.5) is 0 Å². The van der Waals surface area contributed by atoms with Crippen molar-refractivity contribution in [2.24, 2.45) is 0 Å². The number of esters is 1. The Morgan fingerprint density at radius 1 is 1.11 bits per heavy atom. The average Bonchev–Trinajstić information content (AvgIpc) is 2.59. The number of carbonyl (C=O) groups excluding carboxylic acids is 2. The maximum absolute atomic E-state index is 12.6. The molecule has 27 heavy (non-hydrogen) atoms. The van der Waals surface area contributed by atoms with E-state index in [1.54, 1.807) is 50.3 Å². The van der Waals surface area contributed by atoms with Crippen molar-refractivity contribution >= 4 is 23.8 Å². The van der Waals surface area contributed by atoms with Gasteiger partial charge in [-0.2, -0.15) is 0 Å². The zero-order valence-electron chi connectivity index (χ0n) is 15.5. The van der Waals surface area contributed by atoms with Crippen molar-refractivity contribution in [3.63, 3.8) is 0 Å². The third-order valence-corrected chi connectivity index (χ3v) is 3.98. The SMILES string of the molecule is COc1c(C=CC(=O)c2ccccc2OC(C)=O)cc(C)c(C(=O)O)c1C. The van der Waals surface area contributed by atoms with Crippen molar-refractivity contribution < 1.29 is 29.0 Å². The second kappa shape index (κ2) is 8.31. The first kappa shape index (κ1) is 19.9. The summed E-state index contributed by atoms with van der Waals surface area (Å²) in [5.74, 6) is -1.34. The van der Waals surface area contributed by atoms with E-state index < -0.39 is 11.9 Å². The molecule has 0 fully saturated rings. The summed E-state index contributed by atoms with van der Waals surface area (Å²) in [6.07, 6.45) is 2.89. The van der Waals surface area contributed by atoms with Crippen LogP contribution < -0.4 is 9.47 Å². The quantitative estimate of drug-likeness (QED) is 0.361. The van der Waals surface area contributed by atoms with Crippen molar-refractivity contribution in [3.05, 3.63) is 64.2 Å². The number of methoxy groups -OCH3 is 1. The lowest BCUT2D eigenvalue weighted by Gasteiger charge is -2.14. The van der Waals surface area contributed by atoms with Gasteiger partial charge in [0, 0.05) is 18.1 Å². The minimum absolute atomic E-state index is 0.176. The Kier molecular flexibility index (Phi) is 6.13. The minimum Gasteiger partial charge on any atom is -0.496 e. The van der Waals surface area contributed by atoms with E-state index >= 15 is 0 Å². The Bertz CT molecular complexity index is 940. The zero-order valence-corrected chi connectivity index (χ0v) is 15.5. The number of rotatable bonds is 6. The smallest absolute Gasteiger partial charge is 0.336 e. The van der Waals surface area contributed by atoms with Crippen molar-refractivity contribution in [1.82, 2.24) is 0 Å². The van der Waals surface area contributed by atoms with Crippen LogP contribution in [0.1, 0.15) is 44.3 Å². The van der Waals surface area contributed by atoms with Crippen LogP contribution in [-0.4, -0.2) is 29.9 Å². The summed E-state index contributed by atoms with van der Waals surface area (Å²) in [7, 11) is 1.44. The predicted molar refractivity (Wildman–Crippen MR) is 101 cm³/mol. The number of aryl methyl sites for hydroxylation is 1. The highest BCUT2D eigenvalue weighted by atomic mass is 16.5. The molecule has 2 rings (SSSR count). The molecule has 0 saturated heterocycles. The largest absolute Gasteiger partial charge is 0.496 e. The van der Waals surface area contributed by atoms with Gasteiger partial charge in [-0.25, -0.2) is 4.79 Å². The number of carboxylic acid groups (broad SMARTS) is 1. The molecule has 0 atom stereocenters. The van der Waals surface area contributed by atoms with Crippen molar-refractivity contribution in [3.8, 4) is 11.5 Å². The van der Waals surface area contributed by atoms with Crippen LogP contribution in [0.15, 0.2) is 36.4 Å². The molecule has 1 N–H and O–H groups in total. The van der Waals surface area contributed by atoms with Gasteiger partial charge in [0.15, 0.2) is 5.78 Å².